The van der Waals surface area contributed by atoms with Crippen molar-refractivity contribution in [2.45, 2.75) is 32.7 Å². The molecule has 2 atom stereocenters. The van der Waals surface area contributed by atoms with Crippen molar-refractivity contribution in [2.75, 3.05) is 13.6 Å². The van der Waals surface area contributed by atoms with Gasteiger partial charge in [-0.3, -0.25) is 9.59 Å². The first-order valence-corrected chi connectivity index (χ1v) is 7.14. The molecule has 108 valence electrons. The zero-order valence-electron chi connectivity index (χ0n) is 12.3. The first-order chi connectivity index (χ1) is 9.54. The summed E-state index contributed by atoms with van der Waals surface area (Å²) in [7, 11) is 1.79. The predicted octanol–water partition coefficient (Wildman–Crippen LogP) is 2.04. The number of carbonyl (C=O) groups excluding carboxylic acids is 2. The summed E-state index contributed by atoms with van der Waals surface area (Å²) in [6.45, 7) is 4.56. The van der Waals surface area contributed by atoms with Crippen molar-refractivity contribution < 1.29 is 9.59 Å². The van der Waals surface area contributed by atoms with Gasteiger partial charge in [0, 0.05) is 20.0 Å². The van der Waals surface area contributed by atoms with Crippen LogP contribution in [0.1, 0.15) is 36.9 Å². The average molecular weight is 274 g/mol. The van der Waals surface area contributed by atoms with Crippen LogP contribution in [0.2, 0.25) is 0 Å². The molecule has 0 spiro atoms. The molecule has 0 aliphatic carbocycles. The Kier molecular flexibility index (Phi) is 4.42. The zero-order valence-corrected chi connectivity index (χ0v) is 12.3. The van der Waals surface area contributed by atoms with Crippen LogP contribution < -0.4 is 5.32 Å². The second kappa shape index (κ2) is 6.07. The highest BCUT2D eigenvalue weighted by Gasteiger charge is 2.38. The number of hydrogen-bond donors (Lipinski definition) is 1. The van der Waals surface area contributed by atoms with E-state index in [0.29, 0.717) is 19.4 Å². The van der Waals surface area contributed by atoms with Crippen LogP contribution in [0.25, 0.3) is 0 Å². The Labute approximate surface area is 120 Å². The molecule has 4 nitrogen and oxygen atoms in total. The number of aryl methyl sites for hydroxylation is 1. The molecule has 0 radical (unpaired) electrons. The van der Waals surface area contributed by atoms with E-state index in [1.807, 2.05) is 38.1 Å². The Balaban J connectivity index is 2.32. The van der Waals surface area contributed by atoms with Crippen molar-refractivity contribution in [3.63, 3.8) is 0 Å². The number of carbonyl (C=O) groups is 2. The van der Waals surface area contributed by atoms with Gasteiger partial charge in [-0.2, -0.15) is 0 Å². The maximum Gasteiger partial charge on any atom is 0.225 e. The number of benzene rings is 1. The summed E-state index contributed by atoms with van der Waals surface area (Å²) in [5.74, 6) is -0.0195. The molecule has 0 unspecified atom stereocenters. The number of nitrogens with one attached hydrogen (secondary N) is 1. The van der Waals surface area contributed by atoms with Crippen LogP contribution in [0.4, 0.5) is 0 Å². The molecule has 1 N–H and O–H groups in total. The lowest BCUT2D eigenvalue weighted by Gasteiger charge is -2.38. The molecule has 0 saturated carbocycles. The number of piperidine rings is 1. The summed E-state index contributed by atoms with van der Waals surface area (Å²) in [5.41, 5.74) is 2.20. The van der Waals surface area contributed by atoms with E-state index in [0.717, 1.165) is 5.56 Å². The van der Waals surface area contributed by atoms with Gasteiger partial charge < -0.3 is 10.2 Å². The van der Waals surface area contributed by atoms with Gasteiger partial charge in [-0.15, -0.1) is 0 Å². The van der Waals surface area contributed by atoms with E-state index < -0.39 is 0 Å². The summed E-state index contributed by atoms with van der Waals surface area (Å²) in [5, 5.41) is 2.88. The van der Waals surface area contributed by atoms with Gasteiger partial charge in [-0.1, -0.05) is 29.8 Å². The van der Waals surface area contributed by atoms with Crippen LogP contribution in [0.5, 0.6) is 0 Å². The normalized spacial score (nSPS) is 22.8. The third-order valence-corrected chi connectivity index (χ3v) is 3.97. The molecule has 1 aliphatic heterocycles. The largest absolute Gasteiger partial charge is 0.356 e. The first kappa shape index (κ1) is 14.6. The summed E-state index contributed by atoms with van der Waals surface area (Å²) >= 11 is 0. The molecule has 2 amide bonds. The fourth-order valence-corrected chi connectivity index (χ4v) is 2.84. The van der Waals surface area contributed by atoms with E-state index in [9.17, 15) is 9.59 Å². The van der Waals surface area contributed by atoms with Gasteiger partial charge in [0.05, 0.1) is 12.0 Å². The van der Waals surface area contributed by atoms with Gasteiger partial charge in [0.2, 0.25) is 11.8 Å². The highest BCUT2D eigenvalue weighted by molar-refractivity contribution is 5.84. The Morgan fingerprint density at radius 3 is 2.60 bits per heavy atom. The summed E-state index contributed by atoms with van der Waals surface area (Å²) in [4.78, 5) is 25.9. The zero-order chi connectivity index (χ0) is 14.7. The number of likely N-dealkylation sites (tertiary alicyclic amines) is 1. The Morgan fingerprint density at radius 1 is 1.35 bits per heavy atom. The lowest BCUT2D eigenvalue weighted by molar-refractivity contribution is -0.141. The molecule has 0 aromatic heterocycles. The fourth-order valence-electron chi connectivity index (χ4n) is 2.84. The highest BCUT2D eigenvalue weighted by Crippen LogP contribution is 2.35. The fraction of sp³-hybridized carbons (Fsp3) is 0.500. The van der Waals surface area contributed by atoms with Crippen molar-refractivity contribution in [3.05, 3.63) is 35.4 Å². The number of nitrogens with zero attached hydrogens (tertiary/aromatic N) is 1. The van der Waals surface area contributed by atoms with E-state index in [-0.39, 0.29) is 23.8 Å². The molecule has 20 heavy (non-hydrogen) atoms. The minimum atomic E-state index is -0.166. The molecular weight excluding hydrogens is 252 g/mol. The lowest BCUT2D eigenvalue weighted by Crippen LogP contribution is -2.46. The maximum atomic E-state index is 12.3. The van der Waals surface area contributed by atoms with Crippen molar-refractivity contribution >= 4 is 11.8 Å². The summed E-state index contributed by atoms with van der Waals surface area (Å²) in [6.07, 6.45) is 1.06. The topological polar surface area (TPSA) is 49.4 Å². The third-order valence-electron chi connectivity index (χ3n) is 3.97. The van der Waals surface area contributed by atoms with Gasteiger partial charge in [0.25, 0.3) is 0 Å². The van der Waals surface area contributed by atoms with Crippen LogP contribution in [0.15, 0.2) is 24.3 Å². The Bertz CT molecular complexity index is 496. The van der Waals surface area contributed by atoms with Crippen LogP contribution in [-0.2, 0) is 9.59 Å². The van der Waals surface area contributed by atoms with Gasteiger partial charge >= 0.3 is 0 Å². The van der Waals surface area contributed by atoms with Crippen LogP contribution in [0, 0.1) is 12.8 Å². The van der Waals surface area contributed by atoms with Gasteiger partial charge in [0.15, 0.2) is 0 Å². The molecule has 0 bridgehead atoms. The molecule has 4 heteroatoms. The molecule has 1 aliphatic rings. The van der Waals surface area contributed by atoms with Gasteiger partial charge in [-0.25, -0.2) is 0 Å². The summed E-state index contributed by atoms with van der Waals surface area (Å²) in [6, 6.07) is 7.92. The van der Waals surface area contributed by atoms with Crippen molar-refractivity contribution in [1.29, 1.82) is 0 Å². The molecule has 1 aromatic rings. The number of rotatable bonds is 3. The number of hydrogen-bond acceptors (Lipinski definition) is 2. The standard InChI is InChI=1S/C16H22N2O2/c1-4-17-16(20)13-9-10-14(19)18(3)15(13)12-7-5-11(2)6-8-12/h5-8,13,15H,4,9-10H2,1-3H3,(H,17,20)/t13-,15+/m0/s1. The quantitative estimate of drug-likeness (QED) is 0.917. The van der Waals surface area contributed by atoms with E-state index in [4.69, 9.17) is 0 Å². The van der Waals surface area contributed by atoms with Crippen LogP contribution in [-0.4, -0.2) is 30.3 Å². The van der Waals surface area contributed by atoms with Gasteiger partial charge in [-0.05, 0) is 25.8 Å². The van der Waals surface area contributed by atoms with Crippen molar-refractivity contribution in [2.24, 2.45) is 5.92 Å². The molecular formula is C16H22N2O2. The summed E-state index contributed by atoms with van der Waals surface area (Å²) < 4.78 is 0. The molecule has 2 rings (SSSR count). The smallest absolute Gasteiger partial charge is 0.225 e. The van der Waals surface area contributed by atoms with E-state index in [2.05, 4.69) is 5.32 Å². The lowest BCUT2D eigenvalue weighted by atomic mass is 9.83. The second-order valence-electron chi connectivity index (χ2n) is 5.40. The third kappa shape index (κ3) is 2.84. The SMILES string of the molecule is CCNC(=O)[C@H]1CCC(=O)N(C)[C@@H]1c1ccc(C)cc1. The minimum Gasteiger partial charge on any atom is -0.356 e. The average Bonchev–Trinajstić information content (AvgIpc) is 2.43. The second-order valence-corrected chi connectivity index (χ2v) is 5.40. The Morgan fingerprint density at radius 2 is 2.00 bits per heavy atom. The molecule has 1 saturated heterocycles. The van der Waals surface area contributed by atoms with Crippen molar-refractivity contribution in [1.82, 2.24) is 10.2 Å². The molecule has 1 aromatic carbocycles. The van der Waals surface area contributed by atoms with Crippen LogP contribution in [0.3, 0.4) is 0 Å². The van der Waals surface area contributed by atoms with E-state index in [1.54, 1.807) is 11.9 Å². The molecule has 1 fully saturated rings. The first-order valence-electron chi connectivity index (χ1n) is 7.14. The maximum absolute atomic E-state index is 12.3. The minimum absolute atomic E-state index is 0.0393. The highest BCUT2D eigenvalue weighted by atomic mass is 16.2. The van der Waals surface area contributed by atoms with Gasteiger partial charge in [0.1, 0.15) is 0 Å². The van der Waals surface area contributed by atoms with E-state index in [1.165, 1.54) is 5.56 Å². The van der Waals surface area contributed by atoms with E-state index >= 15 is 0 Å². The number of amides is 2. The molecule has 1 heterocycles. The monoisotopic (exact) mass is 274 g/mol. The van der Waals surface area contributed by atoms with Crippen LogP contribution >= 0.6 is 0 Å². The predicted molar refractivity (Wildman–Crippen MR) is 78.1 cm³/mol. The van der Waals surface area contributed by atoms with Crippen molar-refractivity contribution in [3.8, 4) is 0 Å². The Hall–Kier alpha value is -1.84.